The maximum Gasteiger partial charge on any atom is 0.240 e. The highest BCUT2D eigenvalue weighted by Gasteiger charge is 2.38. The van der Waals surface area contributed by atoms with E-state index in [-0.39, 0.29) is 42.1 Å². The fourth-order valence-electron chi connectivity index (χ4n) is 5.53. The quantitative estimate of drug-likeness (QED) is 0.144. The SMILES string of the molecule is C=C(NCC(=O)c1nc2ccccc2s1)C1C(C)CCN1C(=O)C(Cc1ccccc1)NC.CC1=CCCC(C(=N)N)=C1. The van der Waals surface area contributed by atoms with Gasteiger partial charge in [-0.2, -0.15) is 0 Å². The Morgan fingerprint density at radius 2 is 1.91 bits per heavy atom. The Kier molecular flexibility index (Phi) is 11.0. The number of fused-ring (bicyclic) bond motifs is 1. The van der Waals surface area contributed by atoms with Gasteiger partial charge in [0, 0.05) is 12.2 Å². The monoisotopic (exact) mass is 598 g/mol. The Hall–Kier alpha value is -4.08. The smallest absolute Gasteiger partial charge is 0.240 e. The number of nitrogens with one attached hydrogen (secondary N) is 3. The second-order valence-corrected chi connectivity index (χ2v) is 12.2. The number of nitrogens with two attached hydrogens (primary N) is 1. The molecule has 5 N–H and O–H groups in total. The summed E-state index contributed by atoms with van der Waals surface area (Å²) in [7, 11) is 1.82. The molecule has 1 saturated heterocycles. The van der Waals surface area contributed by atoms with E-state index in [1.807, 2.05) is 79.5 Å². The lowest BCUT2D eigenvalue weighted by atomic mass is 9.99. The van der Waals surface area contributed by atoms with Crippen LogP contribution in [0.3, 0.4) is 0 Å². The Balaban J connectivity index is 0.000000359. The Morgan fingerprint density at radius 3 is 2.56 bits per heavy atom. The van der Waals surface area contributed by atoms with Gasteiger partial charge in [0.05, 0.1) is 28.8 Å². The summed E-state index contributed by atoms with van der Waals surface area (Å²) in [5, 5.41) is 14.0. The average molecular weight is 599 g/mol. The maximum absolute atomic E-state index is 13.4. The fraction of sp³-hybridized carbons (Fsp3) is 0.353. The van der Waals surface area contributed by atoms with E-state index in [9.17, 15) is 9.59 Å². The van der Waals surface area contributed by atoms with E-state index in [1.165, 1.54) is 16.9 Å². The number of hydrogen-bond donors (Lipinski definition) is 4. The first-order chi connectivity index (χ1) is 20.7. The number of Topliss-reactive ketones (excluding diaryl/α,β-unsaturated/α-hetero) is 1. The second-order valence-electron chi connectivity index (χ2n) is 11.1. The van der Waals surface area contributed by atoms with Crippen LogP contribution < -0.4 is 16.4 Å². The molecule has 226 valence electrons. The summed E-state index contributed by atoms with van der Waals surface area (Å²) in [6.07, 6.45) is 7.62. The fourth-order valence-corrected chi connectivity index (χ4v) is 6.43. The maximum atomic E-state index is 13.4. The van der Waals surface area contributed by atoms with Crippen LogP contribution in [0.4, 0.5) is 0 Å². The molecule has 0 saturated carbocycles. The van der Waals surface area contributed by atoms with Gasteiger partial charge < -0.3 is 21.3 Å². The lowest BCUT2D eigenvalue weighted by Crippen LogP contribution is -2.50. The van der Waals surface area contributed by atoms with E-state index in [4.69, 9.17) is 11.1 Å². The van der Waals surface area contributed by atoms with Crippen LogP contribution in [0.1, 0.15) is 48.5 Å². The summed E-state index contributed by atoms with van der Waals surface area (Å²) >= 11 is 1.40. The average Bonchev–Trinajstić information content (AvgIpc) is 3.63. The molecule has 9 heteroatoms. The van der Waals surface area contributed by atoms with Gasteiger partial charge in [-0.15, -0.1) is 11.3 Å². The zero-order valence-corrected chi connectivity index (χ0v) is 26.0. The highest BCUT2D eigenvalue weighted by molar-refractivity contribution is 7.20. The lowest BCUT2D eigenvalue weighted by molar-refractivity contribution is -0.133. The van der Waals surface area contributed by atoms with Crippen LogP contribution in [-0.2, 0) is 11.2 Å². The van der Waals surface area contributed by atoms with Crippen molar-refractivity contribution in [1.29, 1.82) is 5.41 Å². The molecule has 3 atom stereocenters. The number of hydrogen-bond acceptors (Lipinski definition) is 7. The van der Waals surface area contributed by atoms with Crippen LogP contribution in [0.2, 0.25) is 0 Å². The predicted molar refractivity (Wildman–Crippen MR) is 176 cm³/mol. The Bertz CT molecular complexity index is 1490. The molecule has 8 nitrogen and oxygen atoms in total. The minimum atomic E-state index is -0.308. The number of thiazole rings is 1. The summed E-state index contributed by atoms with van der Waals surface area (Å²) < 4.78 is 0.998. The van der Waals surface area contributed by atoms with Gasteiger partial charge in [-0.3, -0.25) is 15.0 Å². The minimum absolute atomic E-state index is 0.0659. The third-order valence-corrected chi connectivity index (χ3v) is 8.98. The molecule has 0 bridgehead atoms. The molecule has 3 aromatic rings. The summed E-state index contributed by atoms with van der Waals surface area (Å²) in [4.78, 5) is 32.5. The number of amidine groups is 1. The first-order valence-corrected chi connectivity index (χ1v) is 15.5. The van der Waals surface area contributed by atoms with Crippen molar-refractivity contribution in [2.75, 3.05) is 20.1 Å². The van der Waals surface area contributed by atoms with Crippen molar-refractivity contribution in [1.82, 2.24) is 20.5 Å². The lowest BCUT2D eigenvalue weighted by Gasteiger charge is -2.32. The van der Waals surface area contributed by atoms with Crippen molar-refractivity contribution < 1.29 is 9.59 Å². The van der Waals surface area contributed by atoms with E-state index < -0.39 is 0 Å². The van der Waals surface area contributed by atoms with Crippen LogP contribution in [0, 0.1) is 11.3 Å². The molecule has 1 aromatic heterocycles. The van der Waals surface area contributed by atoms with E-state index in [1.54, 1.807) is 0 Å². The van der Waals surface area contributed by atoms with Crippen LogP contribution in [0.25, 0.3) is 10.2 Å². The number of ketones is 1. The number of benzene rings is 2. The number of aromatic nitrogens is 1. The molecule has 1 fully saturated rings. The van der Waals surface area contributed by atoms with Crippen molar-refractivity contribution in [3.05, 3.63) is 101 Å². The summed E-state index contributed by atoms with van der Waals surface area (Å²) in [5.74, 6) is 0.474. The molecular formula is C34H42N6O2S. The van der Waals surface area contributed by atoms with Gasteiger partial charge >= 0.3 is 0 Å². The molecule has 2 aromatic carbocycles. The Morgan fingerprint density at radius 1 is 1.19 bits per heavy atom. The second kappa shape index (κ2) is 14.9. The predicted octanol–water partition coefficient (Wildman–Crippen LogP) is 5.24. The van der Waals surface area contributed by atoms with Crippen molar-refractivity contribution in [2.45, 2.75) is 51.6 Å². The van der Waals surface area contributed by atoms with Crippen molar-refractivity contribution >= 4 is 39.1 Å². The molecule has 1 amide bonds. The first-order valence-electron chi connectivity index (χ1n) is 14.7. The van der Waals surface area contributed by atoms with Gasteiger partial charge in [0.1, 0.15) is 5.84 Å². The molecule has 0 radical (unpaired) electrons. The Labute approximate surface area is 258 Å². The number of carbonyl (C=O) groups is 2. The van der Waals surface area contributed by atoms with Crippen molar-refractivity contribution in [3.63, 3.8) is 0 Å². The van der Waals surface area contributed by atoms with Crippen LogP contribution in [0.5, 0.6) is 0 Å². The van der Waals surface area contributed by atoms with Crippen LogP contribution in [-0.4, -0.2) is 59.6 Å². The highest BCUT2D eigenvalue weighted by atomic mass is 32.1. The first kappa shape index (κ1) is 31.8. The molecular weight excluding hydrogens is 556 g/mol. The topological polar surface area (TPSA) is 124 Å². The normalized spacial score (nSPS) is 18.6. The van der Waals surface area contributed by atoms with Gasteiger partial charge in [-0.05, 0) is 68.8 Å². The number of allylic oxidation sites excluding steroid dienone is 3. The number of likely N-dealkylation sites (tertiary alicyclic amines) is 1. The number of carbonyl (C=O) groups excluding carboxylic acids is 2. The van der Waals surface area contributed by atoms with E-state index >= 15 is 0 Å². The van der Waals surface area contributed by atoms with Gasteiger partial charge in [0.15, 0.2) is 5.01 Å². The molecule has 1 aliphatic carbocycles. The van der Waals surface area contributed by atoms with E-state index in [0.717, 1.165) is 40.6 Å². The highest BCUT2D eigenvalue weighted by Crippen LogP contribution is 2.29. The molecule has 0 spiro atoms. The van der Waals surface area contributed by atoms with Gasteiger partial charge in [0.25, 0.3) is 0 Å². The molecule has 3 unspecified atom stereocenters. The molecule has 5 rings (SSSR count). The number of para-hydroxylation sites is 1. The van der Waals surface area contributed by atoms with E-state index in [2.05, 4.69) is 35.2 Å². The zero-order valence-electron chi connectivity index (χ0n) is 25.2. The third-order valence-electron chi connectivity index (χ3n) is 7.91. The number of likely N-dealkylation sites (N-methyl/N-ethyl adjacent to an activating group) is 1. The van der Waals surface area contributed by atoms with Gasteiger partial charge in [0.2, 0.25) is 11.7 Å². The number of amides is 1. The number of nitrogens with zero attached hydrogens (tertiary/aromatic N) is 2. The third kappa shape index (κ3) is 8.27. The van der Waals surface area contributed by atoms with Crippen molar-refractivity contribution in [3.8, 4) is 0 Å². The summed E-state index contributed by atoms with van der Waals surface area (Å²) in [6, 6.07) is 17.3. The van der Waals surface area contributed by atoms with Crippen molar-refractivity contribution in [2.24, 2.45) is 11.7 Å². The molecule has 1 aliphatic heterocycles. The van der Waals surface area contributed by atoms with Crippen LogP contribution >= 0.6 is 11.3 Å². The molecule has 2 heterocycles. The summed E-state index contributed by atoms with van der Waals surface area (Å²) in [6.45, 7) is 9.16. The standard InChI is InChI=1S/C26H30N4O2S.C8H12N2/c1-17-13-14-30(26(32)21(27-3)15-19-9-5-4-6-10-19)24(17)18(2)28-16-22(31)25-29-20-11-7-8-12-23(20)33-25;1-6-3-2-4-7(5-6)8(9)10/h4-12,17,21,24,27-28H,2,13-16H2,1,3H3;3,5H,2,4H2,1H3,(H3,9,10). The van der Waals surface area contributed by atoms with Gasteiger partial charge in [-0.1, -0.05) is 73.7 Å². The summed E-state index contributed by atoms with van der Waals surface area (Å²) in [5.41, 5.74) is 10.2. The van der Waals surface area contributed by atoms with Crippen LogP contribution in [0.15, 0.2) is 90.2 Å². The minimum Gasteiger partial charge on any atom is -0.384 e. The molecule has 2 aliphatic rings. The van der Waals surface area contributed by atoms with E-state index in [0.29, 0.717) is 23.7 Å². The molecule has 43 heavy (non-hydrogen) atoms. The van der Waals surface area contributed by atoms with Gasteiger partial charge in [-0.25, -0.2) is 4.98 Å². The largest absolute Gasteiger partial charge is 0.384 e. The number of rotatable bonds is 10. The zero-order chi connectivity index (χ0) is 30.9.